The van der Waals surface area contributed by atoms with E-state index in [1.807, 2.05) is 13.0 Å². The Morgan fingerprint density at radius 3 is 2.59 bits per heavy atom. The zero-order valence-electron chi connectivity index (χ0n) is 28.5. The molecule has 7 atom stereocenters. The van der Waals surface area contributed by atoms with Crippen molar-refractivity contribution in [2.75, 3.05) is 39.9 Å². The first-order valence-electron chi connectivity index (χ1n) is 17.0. The Morgan fingerprint density at radius 2 is 1.82 bits per heavy atom. The Labute approximate surface area is 298 Å². The molecule has 0 aromatic heterocycles. The summed E-state index contributed by atoms with van der Waals surface area (Å²) in [5.41, 5.74) is 4.35. The largest absolute Gasteiger partial charge is 0.507 e. The Balaban J connectivity index is 1.29. The van der Waals surface area contributed by atoms with Crippen LogP contribution in [0, 0.1) is 25.2 Å². The maximum Gasteiger partial charge on any atom is 0.331 e. The van der Waals surface area contributed by atoms with Crippen LogP contribution >= 0.6 is 11.8 Å². The number of nitriles is 1. The summed E-state index contributed by atoms with van der Waals surface area (Å²) in [4.78, 5) is 16.7. The number of methoxy groups -OCH3 is 2. The van der Waals surface area contributed by atoms with Crippen molar-refractivity contribution >= 4 is 17.7 Å². The number of phenols is 3. The molecule has 0 saturated carbocycles. The van der Waals surface area contributed by atoms with Gasteiger partial charge in [0, 0.05) is 46.6 Å². The summed E-state index contributed by atoms with van der Waals surface area (Å²) >= 11 is 1.47. The Bertz CT molecular complexity index is 2070. The van der Waals surface area contributed by atoms with E-state index in [2.05, 4.69) is 21.6 Å². The smallest absolute Gasteiger partial charge is 0.331 e. The predicted octanol–water partition coefficient (Wildman–Crippen LogP) is 3.43. The zero-order chi connectivity index (χ0) is 35.5. The van der Waals surface area contributed by atoms with Gasteiger partial charge in [-0.05, 0) is 61.1 Å². The van der Waals surface area contributed by atoms with Crippen LogP contribution in [0.5, 0.6) is 40.2 Å². The number of rotatable bonds is 2. The van der Waals surface area contributed by atoms with E-state index in [1.165, 1.54) is 26.0 Å². The fourth-order valence-electron chi connectivity index (χ4n) is 9.53. The first-order valence-corrected chi connectivity index (χ1v) is 18.1. The van der Waals surface area contributed by atoms with Crippen LogP contribution < -0.4 is 29.6 Å². The van der Waals surface area contributed by atoms with Crippen LogP contribution in [0.2, 0.25) is 0 Å². The fourth-order valence-corrected chi connectivity index (χ4v) is 11.2. The molecule has 1 spiro atoms. The topological polar surface area (TPSA) is 175 Å². The van der Waals surface area contributed by atoms with Crippen molar-refractivity contribution in [2.45, 2.75) is 67.7 Å². The Morgan fingerprint density at radius 1 is 1.02 bits per heavy atom. The van der Waals surface area contributed by atoms with Gasteiger partial charge in [-0.15, -0.1) is 11.8 Å². The quantitative estimate of drug-likeness (QED) is 0.244. The maximum absolute atomic E-state index is 14.6. The minimum absolute atomic E-state index is 0.0129. The molecule has 51 heavy (non-hydrogen) atoms. The van der Waals surface area contributed by atoms with Crippen LogP contribution in [0.25, 0.3) is 0 Å². The molecule has 2 fully saturated rings. The number of piperazine rings is 1. The monoisotopic (exact) mass is 714 g/mol. The minimum Gasteiger partial charge on any atom is -0.507 e. The van der Waals surface area contributed by atoms with E-state index in [9.17, 15) is 25.4 Å². The third-order valence-corrected chi connectivity index (χ3v) is 13.2. The van der Waals surface area contributed by atoms with E-state index in [4.69, 9.17) is 23.7 Å². The lowest BCUT2D eigenvalue weighted by atomic mass is 9.72. The molecule has 7 aliphatic rings. The van der Waals surface area contributed by atoms with Crippen molar-refractivity contribution in [1.82, 2.24) is 15.5 Å². The van der Waals surface area contributed by atoms with Gasteiger partial charge in [-0.2, -0.15) is 5.26 Å². The van der Waals surface area contributed by atoms with Crippen molar-refractivity contribution in [3.05, 3.63) is 62.7 Å². The minimum atomic E-state index is -1.32. The molecule has 2 unspecified atom stereocenters. The lowest BCUT2D eigenvalue weighted by Gasteiger charge is -2.59. The molecule has 4 bridgehead atoms. The van der Waals surface area contributed by atoms with Crippen LogP contribution in [0.15, 0.2) is 18.2 Å². The first kappa shape index (κ1) is 32.4. The van der Waals surface area contributed by atoms with Gasteiger partial charge in [0.15, 0.2) is 40.0 Å². The van der Waals surface area contributed by atoms with E-state index in [0.717, 1.165) is 16.7 Å². The molecule has 14 heteroatoms. The molecule has 0 radical (unpaired) electrons. The van der Waals surface area contributed by atoms with E-state index < -0.39 is 40.9 Å². The summed E-state index contributed by atoms with van der Waals surface area (Å²) in [6.07, 6.45) is 1.06. The first-order chi connectivity index (χ1) is 24.6. The molecular weight excluding hydrogens is 676 g/mol. The van der Waals surface area contributed by atoms with Gasteiger partial charge >= 0.3 is 5.97 Å². The summed E-state index contributed by atoms with van der Waals surface area (Å²) in [6.45, 7) is 3.95. The number of esters is 1. The summed E-state index contributed by atoms with van der Waals surface area (Å²) < 4.78 is 29.5. The molecule has 3 aromatic rings. The molecule has 0 amide bonds. The SMILES string of the molecule is COc1cc2c(cc1O)CCN[C@]21CS[C@@H]2c3c(O)c(C)c4c(c3[C@H](COC1=O)N1[C@@H]2C2NC(Cc3cc(C)c(OC)c(O)c32)[C@@H]1C#N)OCO4. The van der Waals surface area contributed by atoms with E-state index in [-0.39, 0.29) is 48.2 Å². The molecule has 266 valence electrons. The molecule has 2 saturated heterocycles. The number of hydrogen-bond acceptors (Lipinski definition) is 14. The Hall–Kier alpha value is -4.55. The number of hydrogen-bond donors (Lipinski definition) is 5. The second kappa shape index (κ2) is 11.5. The summed E-state index contributed by atoms with van der Waals surface area (Å²) in [7, 11) is 3.00. The number of carbonyl (C=O) groups excluding carboxylic acids is 1. The third kappa shape index (κ3) is 4.29. The van der Waals surface area contributed by atoms with Gasteiger partial charge in [0.2, 0.25) is 6.79 Å². The lowest BCUT2D eigenvalue weighted by molar-refractivity contribution is -0.155. The zero-order valence-corrected chi connectivity index (χ0v) is 29.3. The molecule has 7 heterocycles. The third-order valence-electron chi connectivity index (χ3n) is 11.7. The molecule has 10 rings (SSSR count). The number of ether oxygens (including phenoxy) is 5. The Kier molecular flexibility index (Phi) is 7.28. The van der Waals surface area contributed by atoms with Gasteiger partial charge < -0.3 is 44.3 Å². The number of aryl methyl sites for hydroxylation is 1. The van der Waals surface area contributed by atoms with Gasteiger partial charge in [-0.1, -0.05) is 6.07 Å². The van der Waals surface area contributed by atoms with Crippen molar-refractivity contribution in [2.24, 2.45) is 0 Å². The highest BCUT2D eigenvalue weighted by molar-refractivity contribution is 7.99. The highest BCUT2D eigenvalue weighted by Crippen LogP contribution is 2.63. The average molecular weight is 715 g/mol. The molecule has 7 aliphatic heterocycles. The van der Waals surface area contributed by atoms with Crippen LogP contribution in [0.1, 0.15) is 61.8 Å². The van der Waals surface area contributed by atoms with Crippen LogP contribution in [0.3, 0.4) is 0 Å². The van der Waals surface area contributed by atoms with Crippen LogP contribution in [0.4, 0.5) is 0 Å². The molecular formula is C37H38N4O9S. The predicted molar refractivity (Wildman–Crippen MR) is 184 cm³/mol. The fraction of sp³-hybridized carbons (Fsp3) is 0.459. The number of phenolic OH excluding ortho intramolecular Hbond substituents is 3. The molecule has 0 aliphatic carbocycles. The highest BCUT2D eigenvalue weighted by Gasteiger charge is 2.60. The van der Waals surface area contributed by atoms with Crippen molar-refractivity contribution in [3.63, 3.8) is 0 Å². The number of aromatic hydroxyl groups is 3. The van der Waals surface area contributed by atoms with E-state index in [0.29, 0.717) is 64.5 Å². The van der Waals surface area contributed by atoms with Crippen molar-refractivity contribution in [3.8, 4) is 46.3 Å². The van der Waals surface area contributed by atoms with Gasteiger partial charge in [-0.3, -0.25) is 10.2 Å². The van der Waals surface area contributed by atoms with E-state index >= 15 is 0 Å². The van der Waals surface area contributed by atoms with Crippen molar-refractivity contribution < 1.29 is 43.8 Å². The molecule has 3 aromatic carbocycles. The summed E-state index contributed by atoms with van der Waals surface area (Å²) in [5.74, 6) is 1.29. The lowest BCUT2D eigenvalue weighted by Crippen LogP contribution is -2.69. The number of thioether (sulfide) groups is 1. The summed E-state index contributed by atoms with van der Waals surface area (Å²) in [5, 5.41) is 52.2. The number of fused-ring (bicyclic) bond motifs is 9. The summed E-state index contributed by atoms with van der Waals surface area (Å²) in [6, 6.07) is 5.25. The number of nitrogens with zero attached hydrogens (tertiary/aromatic N) is 2. The normalized spacial score (nSPS) is 30.0. The van der Waals surface area contributed by atoms with Gasteiger partial charge in [0.25, 0.3) is 0 Å². The van der Waals surface area contributed by atoms with Gasteiger partial charge in [0.05, 0.1) is 37.6 Å². The molecule has 5 N–H and O–H groups in total. The van der Waals surface area contributed by atoms with Gasteiger partial charge in [-0.25, -0.2) is 4.79 Å². The second-order valence-corrected chi connectivity index (χ2v) is 15.2. The standard InChI is InChI=1S/C37H38N4O9S/c1-15-7-18-8-20-21(11-38)41-22-12-48-36(45)37(19-10-24(46-3)23(42)9-17(19)5-6-39-37)13-51-35(29(41)28(40-20)25(18)31(44)32(15)47-4)27-26(22)34-33(49-14-50-34)16(2)30(27)43/h7,9-10,20-22,28-29,35,39-40,42-44H,5-6,8,12-14H2,1-4H3/t20?,21-,22-,28?,29+,35+,37+/m0/s1. The number of carbonyl (C=O) groups is 1. The molecule has 13 nitrogen and oxygen atoms in total. The van der Waals surface area contributed by atoms with E-state index in [1.54, 1.807) is 19.1 Å². The van der Waals surface area contributed by atoms with Crippen LogP contribution in [-0.4, -0.2) is 84.2 Å². The maximum atomic E-state index is 14.6. The van der Waals surface area contributed by atoms with Gasteiger partial charge in [0.1, 0.15) is 18.4 Å². The second-order valence-electron chi connectivity index (χ2n) is 14.1. The highest BCUT2D eigenvalue weighted by atomic mass is 32.2. The van der Waals surface area contributed by atoms with Crippen molar-refractivity contribution in [1.29, 1.82) is 5.26 Å². The average Bonchev–Trinajstić information content (AvgIpc) is 3.61. The number of benzene rings is 3. The van der Waals surface area contributed by atoms with Crippen LogP contribution in [-0.2, 0) is 27.9 Å². The number of nitrogens with one attached hydrogen (secondary N) is 2.